The summed E-state index contributed by atoms with van der Waals surface area (Å²) in [6.45, 7) is -1.09. The second-order valence-corrected chi connectivity index (χ2v) is 29.0. The molecule has 80 nitrogen and oxygen atoms in total. The highest BCUT2D eigenvalue weighted by atomic mass is 16.3. The van der Waals surface area contributed by atoms with E-state index in [1.807, 2.05) is 0 Å². The van der Waals surface area contributed by atoms with Crippen LogP contribution in [0.2, 0.25) is 0 Å². The Morgan fingerprint density at radius 1 is 0.136 bits per heavy atom. The Balaban J connectivity index is 0.000000157. The van der Waals surface area contributed by atoms with Crippen molar-refractivity contribution in [1.82, 2.24) is 323 Å². The topological polar surface area (TPSA) is 1020 Å². The summed E-state index contributed by atoms with van der Waals surface area (Å²) in [7, 11) is 0. The van der Waals surface area contributed by atoms with Gasteiger partial charge in [-0.25, -0.2) is 46.8 Å². The minimum absolute atomic E-state index is 0.121. The molecular formula is C60H96N64O16. The highest BCUT2D eigenvalue weighted by Crippen LogP contribution is 2.40. The summed E-state index contributed by atoms with van der Waals surface area (Å²) in [5.74, 6) is -0.490. The first-order valence-electron chi connectivity index (χ1n) is 42.8. The van der Waals surface area contributed by atoms with Crippen molar-refractivity contribution in [2.75, 3.05) is 106 Å². The third-order valence-electron chi connectivity index (χ3n) is 20.2. The van der Waals surface area contributed by atoms with Crippen molar-refractivity contribution < 1.29 is 81.7 Å². The van der Waals surface area contributed by atoms with Crippen LogP contribution in [0.3, 0.4) is 0 Å². The molecule has 0 aromatic carbocycles. The molecule has 752 valence electrons. The van der Waals surface area contributed by atoms with Crippen molar-refractivity contribution in [3.05, 3.63) is 93.2 Å². The molecule has 2 atom stereocenters. The molecule has 0 saturated heterocycles. The number of hydrogen-bond donors (Lipinski definition) is 16. The zero-order chi connectivity index (χ0) is 98.5. The van der Waals surface area contributed by atoms with Gasteiger partial charge in [-0.2, -0.15) is 28.8 Å². The van der Waals surface area contributed by atoms with Crippen molar-refractivity contribution in [2.45, 2.75) is 178 Å². The van der Waals surface area contributed by atoms with Crippen LogP contribution in [0.5, 0.6) is 0 Å². The zero-order valence-electron chi connectivity index (χ0n) is 73.9. The minimum Gasteiger partial charge on any atom is -0.394 e. The molecule has 0 spiro atoms. The molecule has 0 saturated carbocycles. The Bertz CT molecular complexity index is 5850. The first-order valence-corrected chi connectivity index (χ1v) is 42.8. The molecule has 16 rings (SSSR count). The van der Waals surface area contributed by atoms with Crippen LogP contribution in [0.4, 0.5) is 0 Å². The Labute approximate surface area is 779 Å². The highest BCUT2D eigenvalue weighted by Gasteiger charge is 2.41. The van der Waals surface area contributed by atoms with Gasteiger partial charge in [0.15, 0.2) is 93.2 Å². The molecule has 16 N–H and O–H groups in total. The van der Waals surface area contributed by atoms with Gasteiger partial charge < -0.3 is 81.7 Å². The van der Waals surface area contributed by atoms with E-state index in [9.17, 15) is 81.7 Å². The molecule has 0 aliphatic carbocycles. The molecule has 140 heavy (non-hydrogen) atoms. The first kappa shape index (κ1) is 102. The van der Waals surface area contributed by atoms with Crippen molar-refractivity contribution in [2.24, 2.45) is 0 Å². The highest BCUT2D eigenvalue weighted by molar-refractivity contribution is 5.22. The van der Waals surface area contributed by atoms with E-state index in [1.165, 1.54) is 75.6 Å². The van der Waals surface area contributed by atoms with Gasteiger partial charge in [-0.15, -0.1) is 112 Å². The van der Waals surface area contributed by atoms with Crippen LogP contribution in [0.1, 0.15) is 166 Å². The fourth-order valence-electron chi connectivity index (χ4n) is 14.2. The summed E-state index contributed by atoms with van der Waals surface area (Å²) in [5, 5.41) is 343. The lowest BCUT2D eigenvalue weighted by Crippen LogP contribution is -2.24. The van der Waals surface area contributed by atoms with Crippen LogP contribution in [-0.2, 0) is 105 Å². The molecule has 0 aliphatic heterocycles. The number of aliphatic hydroxyl groups is 16. The van der Waals surface area contributed by atoms with Crippen molar-refractivity contribution in [3.8, 4) is 0 Å². The smallest absolute Gasteiger partial charge is 0.185 e. The SMILES string of the molecule is OCCn1nnc(C(CC(c2nnn(CCO)n2)c2nnnn2CCO)c2nnn(CCO)n2)n1.OCCn1nnc(C(CC(c2nnnn2CCO)c2nnnn2CCO)c2nnn(CCO)n2)n1.OCCn1nnc(C(CC(c2nnnn2CCO)c2nnnn2CCO)c2nnnn2CCO)n1.OCCn1nnnc1C(CC(c1nnnn1CCO)c1nnnn1CCO)c1nnnn1CCO. The number of aromatic nitrogens is 64. The quantitative estimate of drug-likeness (QED) is 0.0168. The van der Waals surface area contributed by atoms with E-state index in [0.29, 0.717) is 58.2 Å². The standard InChI is InChI=1S/4C15H24N16O4/c32-5-1-28-12(16-20-24-28)10(13-17-21-25-29(13)2-6-33)9-11(14-18-22-26-30(14)3-7-34)15-19-23-27-31(15)4-8-35;32-5-1-28-13(17-21-25-28)10(12-16-24-31(20-12)4-8-35)9-11(14-18-22-26-29(14)2-6-33)15-19-23-27-30(15)3-7-34;32-5-1-28-14(18-22-26-28)11(15-19-23-27-29(15)2-6-33)9-10(12-16-24-30(20-12)3-7-34)13-17-25-31(21-13)4-8-35;32-5-1-28-15(19-23-27-28)11(14-18-26-31(22-14)4-8-35)9-10(12-16-24-29(20-12)2-6-33)13-17-25-30(21-13)3-7-34/h4*10-11,32-35H,1-9H2. The Morgan fingerprint density at radius 2 is 0.257 bits per heavy atom. The Kier molecular flexibility index (Phi) is 38.0. The van der Waals surface area contributed by atoms with Gasteiger partial charge in [0.05, 0.1) is 258 Å². The summed E-state index contributed by atoms with van der Waals surface area (Å²) in [6, 6.07) is 0. The summed E-state index contributed by atoms with van der Waals surface area (Å²) < 4.78 is 14.2. The van der Waals surface area contributed by atoms with E-state index >= 15 is 0 Å². The van der Waals surface area contributed by atoms with Crippen LogP contribution in [0.15, 0.2) is 0 Å². The van der Waals surface area contributed by atoms with Crippen LogP contribution in [-0.4, -0.2) is 511 Å². The maximum atomic E-state index is 9.48. The average Bonchev–Trinajstić information content (AvgIpc) is 1.65. The molecule has 0 bridgehead atoms. The molecule has 16 aromatic heterocycles. The fraction of sp³-hybridized carbons (Fsp3) is 0.733. The van der Waals surface area contributed by atoms with Gasteiger partial charge in [-0.3, -0.25) is 0 Å². The predicted molar refractivity (Wildman–Crippen MR) is 432 cm³/mol. The normalized spacial score (nSPS) is 12.2. The molecule has 0 amide bonds. The average molecular weight is 1970 g/mol. The molecule has 0 radical (unpaired) electrons. The van der Waals surface area contributed by atoms with Crippen LogP contribution < -0.4 is 0 Å². The number of tetrazole rings is 16. The summed E-state index contributed by atoms with van der Waals surface area (Å²) >= 11 is 0. The van der Waals surface area contributed by atoms with E-state index < -0.39 is 47.3 Å². The van der Waals surface area contributed by atoms with E-state index in [2.05, 4.69) is 248 Å². The van der Waals surface area contributed by atoms with Gasteiger partial charge >= 0.3 is 0 Å². The van der Waals surface area contributed by atoms with Crippen LogP contribution in [0.25, 0.3) is 0 Å². The second kappa shape index (κ2) is 52.1. The number of nitrogens with zero attached hydrogens (tertiary/aromatic N) is 64. The lowest BCUT2D eigenvalue weighted by atomic mass is 9.91. The summed E-state index contributed by atoms with van der Waals surface area (Å²) in [4.78, 5) is 7.43. The van der Waals surface area contributed by atoms with Gasteiger partial charge in [0, 0.05) is 0 Å². The van der Waals surface area contributed by atoms with Crippen molar-refractivity contribution in [3.63, 3.8) is 0 Å². The van der Waals surface area contributed by atoms with Gasteiger partial charge in [-0.1, -0.05) is 0 Å². The lowest BCUT2D eigenvalue weighted by molar-refractivity contribution is 0.257. The van der Waals surface area contributed by atoms with Crippen molar-refractivity contribution in [1.29, 1.82) is 0 Å². The third kappa shape index (κ3) is 25.5. The molecule has 80 heteroatoms. The van der Waals surface area contributed by atoms with Gasteiger partial charge in [0.25, 0.3) is 0 Å². The van der Waals surface area contributed by atoms with Crippen LogP contribution >= 0.6 is 0 Å². The van der Waals surface area contributed by atoms with E-state index in [0.717, 1.165) is 0 Å². The summed E-state index contributed by atoms with van der Waals surface area (Å²) in [5.41, 5.74) is 0. The molecular weight excluding hydrogens is 1870 g/mol. The van der Waals surface area contributed by atoms with Gasteiger partial charge in [0.1, 0.15) is 0 Å². The lowest BCUT2D eigenvalue weighted by Gasteiger charge is -2.21. The van der Waals surface area contributed by atoms with Gasteiger partial charge in [0.2, 0.25) is 0 Å². The predicted octanol–water partition coefficient (Wildman–Crippen LogP) is -20.2. The van der Waals surface area contributed by atoms with Crippen LogP contribution in [0, 0.1) is 0 Å². The summed E-state index contributed by atoms with van der Waals surface area (Å²) in [6.07, 6.45) is 0.642. The molecule has 2 unspecified atom stereocenters. The van der Waals surface area contributed by atoms with Crippen molar-refractivity contribution >= 4 is 0 Å². The number of rotatable bonds is 56. The minimum atomic E-state index is -0.696. The van der Waals surface area contributed by atoms with E-state index in [1.54, 1.807) is 0 Å². The maximum absolute atomic E-state index is 9.48. The van der Waals surface area contributed by atoms with E-state index in [4.69, 9.17) is 0 Å². The molecule has 0 fully saturated rings. The number of hydrogen-bond acceptors (Lipinski definition) is 64. The molecule has 0 aliphatic rings. The molecule has 16 heterocycles. The fourth-order valence-corrected chi connectivity index (χ4v) is 14.2. The third-order valence-corrected chi connectivity index (χ3v) is 20.2. The Morgan fingerprint density at radius 3 is 0.407 bits per heavy atom. The largest absolute Gasteiger partial charge is 0.394 e. The first-order chi connectivity index (χ1) is 68.7. The monoisotopic (exact) mass is 1970 g/mol. The number of aliphatic hydroxyl groups excluding tert-OH is 16. The molecule has 16 aromatic rings. The van der Waals surface area contributed by atoms with E-state index in [-0.39, 0.29) is 271 Å². The Hall–Kier alpha value is -15.5. The van der Waals surface area contributed by atoms with Gasteiger partial charge in [-0.05, 0) is 161 Å². The maximum Gasteiger partial charge on any atom is 0.185 e. The second-order valence-electron chi connectivity index (χ2n) is 29.0. The zero-order valence-corrected chi connectivity index (χ0v) is 73.9.